The Kier molecular flexibility index (Phi) is 7.09. The molecule has 0 bridgehead atoms. The number of carboxylic acid groups (broad SMARTS) is 1. The molecule has 5 nitrogen and oxygen atoms in total. The Labute approximate surface area is 124 Å². The molecule has 2 N–H and O–H groups in total. The summed E-state index contributed by atoms with van der Waals surface area (Å²) in [5, 5.41) is 13.1. The predicted octanol–water partition coefficient (Wildman–Crippen LogP) is 3.09. The molecule has 20 heavy (non-hydrogen) atoms. The number of thioether (sulfide) groups is 1. The average molecular weight is 300 g/mol. The van der Waals surface area contributed by atoms with Crippen LogP contribution in [-0.2, 0) is 4.79 Å². The van der Waals surface area contributed by atoms with Crippen molar-refractivity contribution in [3.63, 3.8) is 0 Å². The summed E-state index contributed by atoms with van der Waals surface area (Å²) < 4.78 is 5.25. The van der Waals surface area contributed by atoms with Crippen LogP contribution in [0.1, 0.15) is 45.2 Å². The standard InChI is InChI=1S/C14H24N2O3S/c1-4-8-15-14(3,12(17)18)7-5-6-9-20-13-16-11(2)10-19-13/h10,15H,4-9H2,1-3H3,(H,17,18). The first kappa shape index (κ1) is 17.0. The van der Waals surface area contributed by atoms with Crippen LogP contribution in [0.4, 0.5) is 0 Å². The van der Waals surface area contributed by atoms with E-state index in [1.54, 1.807) is 24.9 Å². The highest BCUT2D eigenvalue weighted by atomic mass is 32.2. The van der Waals surface area contributed by atoms with Crippen LogP contribution >= 0.6 is 11.8 Å². The zero-order valence-corrected chi connectivity index (χ0v) is 13.3. The first-order valence-electron chi connectivity index (χ1n) is 7.01. The van der Waals surface area contributed by atoms with E-state index in [0.29, 0.717) is 11.6 Å². The summed E-state index contributed by atoms with van der Waals surface area (Å²) in [7, 11) is 0. The van der Waals surface area contributed by atoms with Crippen molar-refractivity contribution >= 4 is 17.7 Å². The Balaban J connectivity index is 2.25. The van der Waals surface area contributed by atoms with E-state index in [1.807, 2.05) is 13.8 Å². The summed E-state index contributed by atoms with van der Waals surface area (Å²) >= 11 is 1.57. The minimum atomic E-state index is -0.819. The van der Waals surface area contributed by atoms with Gasteiger partial charge in [0.2, 0.25) is 0 Å². The first-order chi connectivity index (χ1) is 9.48. The molecular formula is C14H24N2O3S. The maximum atomic E-state index is 11.3. The van der Waals surface area contributed by atoms with Gasteiger partial charge in [-0.25, -0.2) is 4.98 Å². The zero-order valence-electron chi connectivity index (χ0n) is 12.4. The molecule has 114 valence electrons. The molecule has 1 aromatic rings. The molecule has 0 amide bonds. The maximum Gasteiger partial charge on any atom is 0.323 e. The summed E-state index contributed by atoms with van der Waals surface area (Å²) in [4.78, 5) is 15.5. The summed E-state index contributed by atoms with van der Waals surface area (Å²) in [5.41, 5.74) is 0.0647. The van der Waals surface area contributed by atoms with Gasteiger partial charge >= 0.3 is 5.97 Å². The molecule has 1 heterocycles. The molecule has 6 heteroatoms. The number of aliphatic carboxylic acids is 1. The van der Waals surface area contributed by atoms with Crippen molar-refractivity contribution < 1.29 is 14.3 Å². The normalized spacial score (nSPS) is 14.2. The van der Waals surface area contributed by atoms with Gasteiger partial charge in [-0.2, -0.15) is 0 Å². The van der Waals surface area contributed by atoms with Gasteiger partial charge in [-0.3, -0.25) is 4.79 Å². The van der Waals surface area contributed by atoms with E-state index in [1.165, 1.54) is 0 Å². The Morgan fingerprint density at radius 2 is 2.30 bits per heavy atom. The molecule has 0 aliphatic heterocycles. The van der Waals surface area contributed by atoms with Gasteiger partial charge in [0.1, 0.15) is 11.8 Å². The monoisotopic (exact) mass is 300 g/mol. The second-order valence-electron chi connectivity index (χ2n) is 5.12. The third-order valence-corrected chi connectivity index (χ3v) is 4.06. The highest BCUT2D eigenvalue weighted by Gasteiger charge is 2.31. The van der Waals surface area contributed by atoms with Crippen molar-refractivity contribution in [2.45, 2.75) is 57.2 Å². The quantitative estimate of drug-likeness (QED) is 0.511. The number of oxazole rings is 1. The highest BCUT2D eigenvalue weighted by Crippen LogP contribution is 2.20. The molecule has 1 aromatic heterocycles. The number of nitrogens with one attached hydrogen (secondary N) is 1. The smallest absolute Gasteiger partial charge is 0.323 e. The summed E-state index contributed by atoms with van der Waals surface area (Å²) in [6, 6.07) is 0. The number of carbonyl (C=O) groups is 1. The van der Waals surface area contributed by atoms with Crippen molar-refractivity contribution in [1.29, 1.82) is 0 Å². The highest BCUT2D eigenvalue weighted by molar-refractivity contribution is 7.99. The Bertz CT molecular complexity index is 422. The van der Waals surface area contributed by atoms with E-state index < -0.39 is 11.5 Å². The minimum absolute atomic E-state index is 0.632. The van der Waals surface area contributed by atoms with Gasteiger partial charge in [-0.05, 0) is 39.7 Å². The van der Waals surface area contributed by atoms with E-state index in [4.69, 9.17) is 4.42 Å². The minimum Gasteiger partial charge on any atom is -0.480 e. The molecule has 0 fully saturated rings. The lowest BCUT2D eigenvalue weighted by Gasteiger charge is -2.26. The van der Waals surface area contributed by atoms with Crippen LogP contribution in [-0.4, -0.2) is 33.9 Å². The molecule has 0 aliphatic rings. The first-order valence-corrected chi connectivity index (χ1v) is 8.00. The van der Waals surface area contributed by atoms with E-state index >= 15 is 0 Å². The van der Waals surface area contributed by atoms with Crippen LogP contribution in [0.5, 0.6) is 0 Å². The molecule has 0 aliphatic carbocycles. The number of carboxylic acids is 1. The van der Waals surface area contributed by atoms with Crippen LogP contribution in [0.15, 0.2) is 15.9 Å². The molecule has 1 rings (SSSR count). The number of rotatable bonds is 10. The van der Waals surface area contributed by atoms with Gasteiger partial charge < -0.3 is 14.8 Å². The van der Waals surface area contributed by atoms with E-state index in [-0.39, 0.29) is 0 Å². The topological polar surface area (TPSA) is 75.4 Å². The molecular weight excluding hydrogens is 276 g/mol. The van der Waals surface area contributed by atoms with E-state index in [9.17, 15) is 9.90 Å². The predicted molar refractivity (Wildman–Crippen MR) is 80.1 cm³/mol. The van der Waals surface area contributed by atoms with Crippen LogP contribution in [0.25, 0.3) is 0 Å². The maximum absolute atomic E-state index is 11.3. The molecule has 0 spiro atoms. The SMILES string of the molecule is CCCNC(C)(CCCCSc1nc(C)co1)C(=O)O. The number of aromatic nitrogens is 1. The summed E-state index contributed by atoms with van der Waals surface area (Å²) in [5.74, 6) is 0.116. The molecule has 0 saturated heterocycles. The molecule has 1 atom stereocenters. The fourth-order valence-corrected chi connectivity index (χ4v) is 2.66. The number of unbranched alkanes of at least 4 members (excludes halogenated alkanes) is 1. The van der Waals surface area contributed by atoms with Crippen molar-refractivity contribution in [2.24, 2.45) is 0 Å². The van der Waals surface area contributed by atoms with Gasteiger partial charge in [0.05, 0.1) is 5.69 Å². The van der Waals surface area contributed by atoms with Gasteiger partial charge in [0.25, 0.3) is 5.22 Å². The van der Waals surface area contributed by atoms with E-state index in [0.717, 1.165) is 37.3 Å². The lowest BCUT2D eigenvalue weighted by atomic mass is 9.95. The largest absolute Gasteiger partial charge is 0.480 e. The third-order valence-electron chi connectivity index (χ3n) is 3.13. The number of hydrogen-bond acceptors (Lipinski definition) is 5. The lowest BCUT2D eigenvalue weighted by Crippen LogP contribution is -2.49. The van der Waals surface area contributed by atoms with Crippen molar-refractivity contribution in [3.8, 4) is 0 Å². The van der Waals surface area contributed by atoms with Crippen LogP contribution in [0, 0.1) is 6.92 Å². The Hall–Kier alpha value is -1.01. The number of hydrogen-bond donors (Lipinski definition) is 2. The van der Waals surface area contributed by atoms with Gasteiger partial charge in [0.15, 0.2) is 0 Å². The lowest BCUT2D eigenvalue weighted by molar-refractivity contribution is -0.144. The van der Waals surface area contributed by atoms with Crippen molar-refractivity contribution in [1.82, 2.24) is 10.3 Å². The van der Waals surface area contributed by atoms with Crippen molar-refractivity contribution in [2.75, 3.05) is 12.3 Å². The fraction of sp³-hybridized carbons (Fsp3) is 0.714. The molecule has 0 radical (unpaired) electrons. The van der Waals surface area contributed by atoms with Gasteiger partial charge in [0, 0.05) is 5.75 Å². The third kappa shape index (κ3) is 5.54. The molecule has 0 aromatic carbocycles. The zero-order chi connectivity index (χ0) is 15.0. The second kappa shape index (κ2) is 8.32. The molecule has 0 saturated carbocycles. The number of aryl methyl sites for hydroxylation is 1. The average Bonchev–Trinajstić information content (AvgIpc) is 2.81. The number of nitrogens with zero attached hydrogens (tertiary/aromatic N) is 1. The van der Waals surface area contributed by atoms with Crippen LogP contribution < -0.4 is 5.32 Å². The second-order valence-corrected chi connectivity index (χ2v) is 6.17. The van der Waals surface area contributed by atoms with Crippen LogP contribution in [0.2, 0.25) is 0 Å². The van der Waals surface area contributed by atoms with E-state index in [2.05, 4.69) is 10.3 Å². The van der Waals surface area contributed by atoms with Gasteiger partial charge in [-0.1, -0.05) is 25.1 Å². The van der Waals surface area contributed by atoms with Crippen molar-refractivity contribution in [3.05, 3.63) is 12.0 Å². The Morgan fingerprint density at radius 3 is 2.85 bits per heavy atom. The summed E-state index contributed by atoms with van der Waals surface area (Å²) in [6.45, 7) is 6.41. The summed E-state index contributed by atoms with van der Waals surface area (Å²) in [6.07, 6.45) is 5.02. The fourth-order valence-electron chi connectivity index (χ4n) is 1.81. The van der Waals surface area contributed by atoms with Crippen LogP contribution in [0.3, 0.4) is 0 Å². The molecule has 1 unspecified atom stereocenters. The Morgan fingerprint density at radius 1 is 1.55 bits per heavy atom. The van der Waals surface area contributed by atoms with Gasteiger partial charge in [-0.15, -0.1) is 0 Å².